The van der Waals surface area contributed by atoms with Crippen molar-refractivity contribution in [3.8, 4) is 0 Å². The fourth-order valence-electron chi connectivity index (χ4n) is 3.39. The quantitative estimate of drug-likeness (QED) is 0.578. The molecule has 0 atom stereocenters. The Hall–Kier alpha value is -4.25. The molecule has 1 heterocycles. The van der Waals surface area contributed by atoms with Crippen molar-refractivity contribution in [2.24, 2.45) is 4.99 Å². The van der Waals surface area contributed by atoms with Crippen molar-refractivity contribution in [3.05, 3.63) is 81.8 Å². The Balaban J connectivity index is 2.09. The zero-order chi connectivity index (χ0) is 23.6. The molecule has 8 nitrogen and oxygen atoms in total. The summed E-state index contributed by atoms with van der Waals surface area (Å²) in [4.78, 5) is 48.3. The summed E-state index contributed by atoms with van der Waals surface area (Å²) in [5.41, 5.74) is 2.60. The molecule has 0 unspecified atom stereocenters. The summed E-state index contributed by atoms with van der Waals surface area (Å²) in [6, 6.07) is 11.7. The van der Waals surface area contributed by atoms with Crippen molar-refractivity contribution in [3.63, 3.8) is 0 Å². The number of carboxylic acid groups (broad SMARTS) is 1. The monoisotopic (exact) mass is 430 g/mol. The van der Waals surface area contributed by atoms with Crippen LogP contribution in [-0.4, -0.2) is 47.6 Å². The van der Waals surface area contributed by atoms with Crippen molar-refractivity contribution in [2.45, 2.75) is 20.4 Å². The number of nitrogens with zero attached hydrogens (tertiary/aromatic N) is 4. The average Bonchev–Trinajstić information content (AvgIpc) is 2.75. The molecule has 162 valence electrons. The number of hydrogen-bond acceptors (Lipinski definition) is 5. The SMILES string of the molecule is [C-]#[N+]C1=C(C)C(=Nc2ccc(N(C)C)cc2C)C(=O)N(Cc2ccccc2C(=O)O)C1=O. The zero-order valence-corrected chi connectivity index (χ0v) is 18.2. The summed E-state index contributed by atoms with van der Waals surface area (Å²) in [7, 11) is 3.83. The number of carbonyl (C=O) groups excluding carboxylic acids is 2. The highest BCUT2D eigenvalue weighted by Crippen LogP contribution is 2.28. The van der Waals surface area contributed by atoms with E-state index in [1.54, 1.807) is 18.2 Å². The van der Waals surface area contributed by atoms with Gasteiger partial charge in [0.1, 0.15) is 5.71 Å². The topological polar surface area (TPSA) is 94.6 Å². The highest BCUT2D eigenvalue weighted by molar-refractivity contribution is 6.50. The minimum atomic E-state index is -1.17. The first kappa shape index (κ1) is 22.4. The minimum absolute atomic E-state index is 0.0101. The second-order valence-corrected chi connectivity index (χ2v) is 7.57. The molecule has 1 N–H and O–H groups in total. The number of benzene rings is 2. The van der Waals surface area contributed by atoms with E-state index in [0.717, 1.165) is 16.2 Å². The number of carbonyl (C=O) groups is 3. The van der Waals surface area contributed by atoms with Crippen molar-refractivity contribution < 1.29 is 19.5 Å². The maximum Gasteiger partial charge on any atom is 0.336 e. The standard InChI is InChI=1S/C24H22N4O4/c1-14-12-17(27(4)5)10-11-19(14)26-21-15(2)20(25-3)22(29)28(23(21)30)13-16-8-6-7-9-18(16)24(31)32/h6-12H,13H2,1-2,4-5H3,(H,31,32). The third-order valence-corrected chi connectivity index (χ3v) is 5.22. The van der Waals surface area contributed by atoms with Crippen LogP contribution in [0, 0.1) is 13.5 Å². The molecule has 1 aliphatic rings. The second kappa shape index (κ2) is 8.86. The third-order valence-electron chi connectivity index (χ3n) is 5.22. The highest BCUT2D eigenvalue weighted by atomic mass is 16.4. The Morgan fingerprint density at radius 3 is 2.41 bits per heavy atom. The van der Waals surface area contributed by atoms with Crippen LogP contribution in [0.5, 0.6) is 0 Å². The molecule has 3 rings (SSSR count). The number of aryl methyl sites for hydroxylation is 1. The van der Waals surface area contributed by atoms with E-state index in [1.165, 1.54) is 19.1 Å². The van der Waals surface area contributed by atoms with Crippen LogP contribution in [-0.2, 0) is 16.1 Å². The number of amides is 2. The molecule has 0 aliphatic carbocycles. The van der Waals surface area contributed by atoms with Gasteiger partial charge in [-0.25, -0.2) is 14.6 Å². The van der Waals surface area contributed by atoms with Gasteiger partial charge >= 0.3 is 5.97 Å². The lowest BCUT2D eigenvalue weighted by molar-refractivity contribution is -0.139. The largest absolute Gasteiger partial charge is 0.478 e. The Bertz CT molecular complexity index is 1230. The van der Waals surface area contributed by atoms with E-state index in [1.807, 2.05) is 38.1 Å². The summed E-state index contributed by atoms with van der Waals surface area (Å²) >= 11 is 0. The maximum absolute atomic E-state index is 13.3. The predicted molar refractivity (Wildman–Crippen MR) is 121 cm³/mol. The van der Waals surface area contributed by atoms with Gasteiger partial charge < -0.3 is 10.0 Å². The maximum atomic E-state index is 13.3. The van der Waals surface area contributed by atoms with Crippen LogP contribution >= 0.6 is 0 Å². The van der Waals surface area contributed by atoms with Gasteiger partial charge in [-0.3, -0.25) is 14.5 Å². The Labute approximate surface area is 185 Å². The second-order valence-electron chi connectivity index (χ2n) is 7.57. The molecular weight excluding hydrogens is 408 g/mol. The van der Waals surface area contributed by atoms with Crippen molar-refractivity contribution in [2.75, 3.05) is 19.0 Å². The number of rotatable bonds is 5. The molecule has 32 heavy (non-hydrogen) atoms. The van der Waals surface area contributed by atoms with Crippen LogP contribution < -0.4 is 4.90 Å². The molecule has 2 amide bonds. The van der Waals surface area contributed by atoms with E-state index in [0.29, 0.717) is 5.69 Å². The van der Waals surface area contributed by atoms with Crippen molar-refractivity contribution in [1.82, 2.24) is 4.90 Å². The number of carboxylic acids is 1. The van der Waals surface area contributed by atoms with E-state index in [2.05, 4.69) is 9.84 Å². The smallest absolute Gasteiger partial charge is 0.336 e. The molecular formula is C24H22N4O4. The van der Waals surface area contributed by atoms with Gasteiger partial charge in [0.2, 0.25) is 0 Å². The fourth-order valence-corrected chi connectivity index (χ4v) is 3.39. The third kappa shape index (κ3) is 4.14. The summed E-state index contributed by atoms with van der Waals surface area (Å²) in [5, 5.41) is 9.43. The number of aliphatic imine (C=N–C) groups is 1. The van der Waals surface area contributed by atoms with Crippen LogP contribution in [0.1, 0.15) is 28.4 Å². The molecule has 2 aromatic rings. The van der Waals surface area contributed by atoms with Crippen LogP contribution in [0.4, 0.5) is 11.4 Å². The van der Waals surface area contributed by atoms with E-state index >= 15 is 0 Å². The zero-order valence-electron chi connectivity index (χ0n) is 18.2. The molecule has 0 saturated heterocycles. The van der Waals surface area contributed by atoms with E-state index in [4.69, 9.17) is 6.57 Å². The lowest BCUT2D eigenvalue weighted by atomic mass is 10.0. The molecule has 1 aliphatic heterocycles. The molecule has 0 aromatic heterocycles. The van der Waals surface area contributed by atoms with Gasteiger partial charge in [-0.1, -0.05) is 18.2 Å². The molecule has 8 heteroatoms. The predicted octanol–water partition coefficient (Wildman–Crippen LogP) is 3.59. The van der Waals surface area contributed by atoms with Crippen molar-refractivity contribution >= 4 is 34.9 Å². The van der Waals surface area contributed by atoms with Crippen LogP contribution in [0.3, 0.4) is 0 Å². The Morgan fingerprint density at radius 1 is 1.12 bits per heavy atom. The number of aromatic carboxylic acids is 1. The lowest BCUT2D eigenvalue weighted by Gasteiger charge is -2.27. The molecule has 0 radical (unpaired) electrons. The molecule has 0 bridgehead atoms. The number of hydrogen-bond donors (Lipinski definition) is 1. The number of anilines is 1. The van der Waals surface area contributed by atoms with Gasteiger partial charge in [0.05, 0.1) is 24.4 Å². The fraction of sp³-hybridized carbons (Fsp3) is 0.208. The average molecular weight is 430 g/mol. The molecule has 0 saturated carbocycles. The van der Waals surface area contributed by atoms with Gasteiger partial charge in [0.15, 0.2) is 0 Å². The first-order valence-corrected chi connectivity index (χ1v) is 9.78. The normalized spacial score (nSPS) is 15.2. The van der Waals surface area contributed by atoms with E-state index in [-0.39, 0.29) is 34.7 Å². The van der Waals surface area contributed by atoms with Gasteiger partial charge in [-0.15, -0.1) is 0 Å². The van der Waals surface area contributed by atoms with E-state index in [9.17, 15) is 19.5 Å². The van der Waals surface area contributed by atoms with Gasteiger partial charge in [-0.05, 0) is 54.8 Å². The first-order valence-electron chi connectivity index (χ1n) is 9.78. The Morgan fingerprint density at radius 2 is 1.81 bits per heavy atom. The van der Waals surface area contributed by atoms with Gasteiger partial charge in [0.25, 0.3) is 17.5 Å². The first-order chi connectivity index (χ1) is 15.1. The molecule has 0 spiro atoms. The molecule has 0 fully saturated rings. The van der Waals surface area contributed by atoms with Gasteiger partial charge in [-0.2, -0.15) is 0 Å². The summed E-state index contributed by atoms with van der Waals surface area (Å²) in [5.74, 6) is -2.60. The number of imide groups is 1. The van der Waals surface area contributed by atoms with Gasteiger partial charge in [0, 0.05) is 19.8 Å². The minimum Gasteiger partial charge on any atom is -0.478 e. The van der Waals surface area contributed by atoms with Crippen LogP contribution in [0.2, 0.25) is 0 Å². The summed E-state index contributed by atoms with van der Waals surface area (Å²) in [6.07, 6.45) is 0. The lowest BCUT2D eigenvalue weighted by Crippen LogP contribution is -2.46. The van der Waals surface area contributed by atoms with Crippen LogP contribution in [0.15, 0.2) is 58.7 Å². The summed E-state index contributed by atoms with van der Waals surface area (Å²) in [6.45, 7) is 10.6. The van der Waals surface area contributed by atoms with Crippen molar-refractivity contribution in [1.29, 1.82) is 0 Å². The van der Waals surface area contributed by atoms with E-state index < -0.39 is 17.8 Å². The molecule has 2 aromatic carbocycles. The van der Waals surface area contributed by atoms with Crippen LogP contribution in [0.25, 0.3) is 4.85 Å². The Kier molecular flexibility index (Phi) is 6.21. The summed E-state index contributed by atoms with van der Waals surface area (Å²) < 4.78 is 0. The highest BCUT2D eigenvalue weighted by Gasteiger charge is 2.37.